The van der Waals surface area contributed by atoms with Crippen LogP contribution in [0.4, 0.5) is 19.2 Å². The van der Waals surface area contributed by atoms with E-state index < -0.39 is 74.4 Å². The zero-order chi connectivity index (χ0) is 53.5. The van der Waals surface area contributed by atoms with Crippen LogP contribution in [0.15, 0.2) is 26.2 Å². The van der Waals surface area contributed by atoms with Crippen LogP contribution in [0.1, 0.15) is 115 Å². The average molecular weight is 1110 g/mol. The zero-order valence-corrected chi connectivity index (χ0v) is 49.9. The summed E-state index contributed by atoms with van der Waals surface area (Å²) in [5, 5.41) is 19.7. The van der Waals surface area contributed by atoms with Gasteiger partial charge in [-0.1, -0.05) is 10.3 Å². The van der Waals surface area contributed by atoms with E-state index in [2.05, 4.69) is 29.2 Å². The molecule has 2 aromatic heterocycles. The molecule has 2 saturated carbocycles. The molecule has 2 aliphatic carbocycles. The Kier molecular flexibility index (Phi) is 18.4. The van der Waals surface area contributed by atoms with E-state index in [1.165, 1.54) is 77.9 Å². The third-order valence-corrected chi connectivity index (χ3v) is 13.6. The van der Waals surface area contributed by atoms with Crippen LogP contribution in [-0.2, 0) is 51.7 Å². The maximum atomic E-state index is 13.0. The van der Waals surface area contributed by atoms with Gasteiger partial charge in [0.1, 0.15) is 34.1 Å². The predicted octanol–water partition coefficient (Wildman–Crippen LogP) is 2.38. The van der Waals surface area contributed by atoms with Gasteiger partial charge in [0.15, 0.2) is 5.96 Å². The number of hydroxylamine groups is 4. The van der Waals surface area contributed by atoms with Crippen molar-refractivity contribution in [2.75, 3.05) is 40.3 Å². The Hall–Kier alpha value is -2.55. The fourth-order valence-electron chi connectivity index (χ4n) is 9.12. The first-order chi connectivity index (χ1) is 33.3. The van der Waals surface area contributed by atoms with Crippen molar-refractivity contribution in [1.82, 2.24) is 45.4 Å². The van der Waals surface area contributed by atoms with E-state index in [1.807, 2.05) is 0 Å². The first kappa shape index (κ1) is 58.7. The van der Waals surface area contributed by atoms with Gasteiger partial charge in [0.25, 0.3) is 0 Å². The van der Waals surface area contributed by atoms with Crippen LogP contribution < -0.4 is 11.1 Å². The number of piperidine rings is 2. The Bertz CT molecular complexity index is 2630. The van der Waals surface area contributed by atoms with Crippen LogP contribution in [-0.4, -0.2) is 229 Å². The molecule has 4 saturated heterocycles. The van der Waals surface area contributed by atoms with Crippen molar-refractivity contribution in [1.29, 1.82) is 5.41 Å². The van der Waals surface area contributed by atoms with Crippen molar-refractivity contribution >= 4 is 120 Å². The first-order valence-corrected chi connectivity index (χ1v) is 42.1. The van der Waals surface area contributed by atoms with Gasteiger partial charge >= 0.3 is 108 Å². The van der Waals surface area contributed by atoms with Crippen molar-refractivity contribution in [3.05, 3.63) is 35.0 Å². The Labute approximate surface area is 462 Å². The molecular weight excluding hydrogens is 1050 g/mol. The number of carbonyl (C=O) groups excluding carboxylic acids is 4. The third-order valence-electron chi connectivity index (χ3n) is 12.9. The van der Waals surface area contributed by atoms with Gasteiger partial charge in [0, 0.05) is 65.2 Å². The van der Waals surface area contributed by atoms with E-state index >= 15 is 0 Å². The Morgan fingerprint density at radius 3 is 1.57 bits per heavy atom. The molecule has 6 heterocycles. The summed E-state index contributed by atoms with van der Waals surface area (Å²) in [6, 6.07) is 0.444. The summed E-state index contributed by atoms with van der Waals surface area (Å²) < 4.78 is 93.8. The van der Waals surface area contributed by atoms with Crippen LogP contribution in [0.2, 0.25) is 0 Å². The van der Waals surface area contributed by atoms with E-state index in [-0.39, 0.29) is 41.9 Å². The number of aromatic nitrogens is 2. The summed E-state index contributed by atoms with van der Waals surface area (Å²) in [6.45, 7) is 11.4. The molecule has 6 N–H and O–H groups in total. The number of amides is 6. The molecule has 6 fully saturated rings. The number of hydrogen-bond donors (Lipinski definition) is 5. The van der Waals surface area contributed by atoms with Crippen LogP contribution >= 0.6 is 0 Å². The molecular formula is C40H60K2N12O16S2. The van der Waals surface area contributed by atoms with E-state index in [0.717, 1.165) is 35.8 Å². The van der Waals surface area contributed by atoms with E-state index in [4.69, 9.17) is 34.2 Å². The number of nitrogens with two attached hydrogens (primary N) is 1. The number of urea groups is 2. The number of aliphatic imine (C=N–C) groups is 1. The number of likely N-dealkylation sites (N-methyl/N-ethyl adjacent to an activating group) is 2. The second-order valence-corrected chi connectivity index (χ2v) is 22.4. The second kappa shape index (κ2) is 22.6. The second-order valence-electron chi connectivity index (χ2n) is 20.4. The molecule has 28 nitrogen and oxygen atoms in total. The normalized spacial score (nSPS) is 22.8. The predicted molar refractivity (Wildman–Crippen MR) is 251 cm³/mol. The topological polar surface area (TPSA) is 360 Å². The van der Waals surface area contributed by atoms with Gasteiger partial charge in [-0.3, -0.25) is 19.8 Å². The first-order valence-electron chi connectivity index (χ1n) is 23.4. The molecule has 2 aromatic rings. The standard InChI is InChI=1S/C25H38N6O10S.C15H22N6O6S.2K/c1-23(2,3)38-20(32)26-19(27-21(33)39-24(4,5)6)29(7)11-8-15-12-16(28-40-15)17-13-25(9-10-25)18-14-30(17)22(34)31(18)41-42(35,36)37;1-19(13(16)17)5-2-9-6-10(18-26-9)11-7-15(3-4-15)12-8-20(11)14(22)21(12)27-28(23,24)25;;/h12,17-18H,8-11,13-14H2,1-7H3,(H,35,36,37)(H,26,27,32,33);6,11-12H,2-5,7-8H2,1H3,(H3,16,17)(H,23,24,25);;/t17-,18-;11-,12-;;/m00../s1. The van der Waals surface area contributed by atoms with E-state index in [9.17, 15) is 40.6 Å². The van der Waals surface area contributed by atoms with Gasteiger partial charge in [0.2, 0.25) is 5.96 Å². The van der Waals surface area contributed by atoms with Crippen molar-refractivity contribution in [2.24, 2.45) is 21.6 Å². The summed E-state index contributed by atoms with van der Waals surface area (Å²) in [4.78, 5) is 60.5. The average Bonchev–Trinajstić information content (AvgIpc) is 3.97. The SMILES string of the molecule is CN(CCc1cc([C@@H]2CC3(CC3)[C@@H]3CN2C(=O)N3OS(=O)(=O)O)no1)C(=N)N.CN(CCc1cc([C@@H]2CC3(CC3)[C@@H]3CN2C(=O)N3OS(=O)(=O)O)no1)C(=NC(=O)OC(C)(C)C)NC(=O)OC(C)(C)C.[K][K]. The van der Waals surface area contributed by atoms with Gasteiger partial charge in [-0.2, -0.15) is 27.0 Å². The monoisotopic (exact) mass is 1110 g/mol. The molecule has 4 atom stereocenters. The fraction of sp³-hybridized carbons (Fsp3) is 0.700. The Balaban J connectivity index is 0.000000244. The molecule has 2 spiro atoms. The Morgan fingerprint density at radius 1 is 0.806 bits per heavy atom. The van der Waals surface area contributed by atoms with E-state index in [1.54, 1.807) is 72.7 Å². The molecule has 0 radical (unpaired) electrons. The molecule has 72 heavy (non-hydrogen) atoms. The zero-order valence-electron chi connectivity index (χ0n) is 42.0. The molecule has 0 aromatic carbocycles. The van der Waals surface area contributed by atoms with Gasteiger partial charge in [-0.05, 0) is 90.9 Å². The molecule has 8 rings (SSSR count). The molecule has 4 bridgehead atoms. The number of nitrogens with zero attached hydrogens (tertiary/aromatic N) is 9. The number of ether oxygens (including phenoxy) is 2. The number of carbonyl (C=O) groups is 4. The number of rotatable bonds is 12. The minimum atomic E-state index is -4.87. The number of nitrogens with one attached hydrogen (secondary N) is 2. The van der Waals surface area contributed by atoms with Crippen molar-refractivity contribution in [2.45, 2.75) is 128 Å². The summed E-state index contributed by atoms with van der Waals surface area (Å²) >= 11 is 2.50. The molecule has 4 aliphatic heterocycles. The number of hydrogen-bond acceptors (Lipinski definition) is 17. The fourth-order valence-corrected chi connectivity index (χ4v) is 9.87. The molecule has 0 unspecified atom stereocenters. The third kappa shape index (κ3) is 14.9. The quantitative estimate of drug-likeness (QED) is 0.0881. The summed E-state index contributed by atoms with van der Waals surface area (Å²) in [5.74, 6) is 0.937. The van der Waals surface area contributed by atoms with Crippen LogP contribution in [0.25, 0.3) is 0 Å². The van der Waals surface area contributed by atoms with Gasteiger partial charge < -0.3 is 43.9 Å². The molecule has 6 amide bonds. The van der Waals surface area contributed by atoms with Crippen molar-refractivity contribution in [3.63, 3.8) is 0 Å². The Morgan fingerprint density at radius 2 is 1.21 bits per heavy atom. The van der Waals surface area contributed by atoms with Crippen LogP contribution in [0, 0.1) is 16.2 Å². The molecule has 32 heteroatoms. The van der Waals surface area contributed by atoms with E-state index in [0.29, 0.717) is 61.7 Å². The molecule has 6 aliphatic rings. The molecule has 390 valence electrons. The summed E-state index contributed by atoms with van der Waals surface area (Å²) in [7, 11) is -6.35. The maximum absolute atomic E-state index is 13.0. The van der Waals surface area contributed by atoms with Gasteiger partial charge in [-0.25, -0.2) is 19.2 Å². The van der Waals surface area contributed by atoms with Crippen LogP contribution in [0.5, 0.6) is 0 Å². The van der Waals surface area contributed by atoms with Gasteiger partial charge in [0.05, 0.1) is 24.2 Å². The number of fused-ring (bicyclic) bond motifs is 6. The summed E-state index contributed by atoms with van der Waals surface area (Å²) in [6.07, 6.45) is 3.49. The van der Waals surface area contributed by atoms with Gasteiger partial charge in [-0.15, -0.1) is 13.6 Å². The van der Waals surface area contributed by atoms with Crippen molar-refractivity contribution < 1.29 is 72.2 Å². The summed E-state index contributed by atoms with van der Waals surface area (Å²) in [5.41, 5.74) is 4.35. The van der Waals surface area contributed by atoms with Crippen LogP contribution in [0.3, 0.4) is 0 Å². The number of alkyl carbamates (subject to hydrolysis) is 1. The van der Waals surface area contributed by atoms with Crippen molar-refractivity contribution in [3.8, 4) is 0 Å². The minimum absolute atomic E-state index is 0.0460. The number of guanidine groups is 2.